The van der Waals surface area contributed by atoms with Gasteiger partial charge in [-0.05, 0) is 36.1 Å². The maximum Gasteiger partial charge on any atom is 0.0415 e. The molecule has 2 aromatic rings. The second-order valence-electron chi connectivity index (χ2n) is 2.82. The Hall–Kier alpha value is -1.08. The van der Waals surface area contributed by atoms with Crippen LogP contribution in [-0.2, 0) is 0 Å². The maximum absolute atomic E-state index is 5.90. The lowest BCUT2D eigenvalue weighted by molar-refractivity contribution is 1.35. The van der Waals surface area contributed by atoms with E-state index in [-0.39, 0.29) is 0 Å². The molecule has 0 unspecified atom stereocenters. The molecule has 2 heteroatoms. The van der Waals surface area contributed by atoms with Crippen molar-refractivity contribution >= 4 is 22.4 Å². The van der Waals surface area contributed by atoms with Crippen molar-refractivity contribution < 1.29 is 0 Å². The van der Waals surface area contributed by atoms with Gasteiger partial charge in [0.05, 0.1) is 0 Å². The third-order valence-corrected chi connectivity index (χ3v) is 2.15. The predicted octanol–water partition coefficient (Wildman–Crippen LogP) is 3.20. The minimum Gasteiger partial charge on any atom is -0.264 e. The van der Waals surface area contributed by atoms with Crippen LogP contribution >= 0.6 is 11.6 Å². The highest BCUT2D eigenvalue weighted by atomic mass is 35.5. The Labute approximate surface area is 76.0 Å². The summed E-state index contributed by atoms with van der Waals surface area (Å²) in [4.78, 5) is 4.06. The highest BCUT2D eigenvalue weighted by molar-refractivity contribution is 6.31. The van der Waals surface area contributed by atoms with Gasteiger partial charge in [0.2, 0.25) is 0 Å². The Bertz CT molecular complexity index is 423. The van der Waals surface area contributed by atoms with E-state index in [0.717, 1.165) is 10.4 Å². The van der Waals surface area contributed by atoms with Crippen molar-refractivity contribution in [2.45, 2.75) is 6.92 Å². The molecular weight excluding hydrogens is 170 g/mol. The molecule has 0 saturated carbocycles. The summed E-state index contributed by atoms with van der Waals surface area (Å²) in [6, 6.07) is 5.87. The van der Waals surface area contributed by atoms with Gasteiger partial charge in [-0.15, -0.1) is 0 Å². The molecule has 12 heavy (non-hydrogen) atoms. The Morgan fingerprint density at radius 2 is 2.17 bits per heavy atom. The van der Waals surface area contributed by atoms with Crippen molar-refractivity contribution in [2.75, 3.05) is 0 Å². The fourth-order valence-corrected chi connectivity index (χ4v) is 1.62. The van der Waals surface area contributed by atoms with Crippen LogP contribution in [-0.4, -0.2) is 4.98 Å². The number of nitrogens with zero attached hydrogens (tertiary/aromatic N) is 1. The summed E-state index contributed by atoms with van der Waals surface area (Å²) in [6.07, 6.45) is 3.64. The zero-order valence-electron chi connectivity index (χ0n) is 6.71. The lowest BCUT2D eigenvalue weighted by atomic mass is 10.1. The summed E-state index contributed by atoms with van der Waals surface area (Å²) in [5.41, 5.74) is 1.17. The second-order valence-corrected chi connectivity index (χ2v) is 3.26. The van der Waals surface area contributed by atoms with Crippen LogP contribution in [0.4, 0.5) is 0 Å². The van der Waals surface area contributed by atoms with Gasteiger partial charge in [-0.25, -0.2) is 0 Å². The number of fused-ring (bicyclic) bond motifs is 1. The number of benzene rings is 1. The quantitative estimate of drug-likeness (QED) is 0.602. The highest BCUT2D eigenvalue weighted by Crippen LogP contribution is 2.21. The first-order valence-corrected chi connectivity index (χ1v) is 4.15. The van der Waals surface area contributed by atoms with Crippen molar-refractivity contribution in [1.29, 1.82) is 0 Å². The monoisotopic (exact) mass is 177 g/mol. The van der Waals surface area contributed by atoms with Crippen LogP contribution in [0.5, 0.6) is 0 Å². The highest BCUT2D eigenvalue weighted by Gasteiger charge is 1.97. The van der Waals surface area contributed by atoms with Crippen LogP contribution in [0, 0.1) is 6.92 Å². The Morgan fingerprint density at radius 3 is 3.00 bits per heavy atom. The molecule has 0 amide bonds. The topological polar surface area (TPSA) is 12.9 Å². The fraction of sp³-hybridized carbons (Fsp3) is 0.100. The van der Waals surface area contributed by atoms with Crippen LogP contribution < -0.4 is 0 Å². The molecule has 1 aromatic heterocycles. The molecule has 0 spiro atoms. The normalized spacial score (nSPS) is 10.5. The zero-order valence-corrected chi connectivity index (χ0v) is 7.47. The Balaban J connectivity index is 2.89. The minimum atomic E-state index is 0.784. The average molecular weight is 178 g/mol. The standard InChI is InChI=1S/C10H8ClN/c1-7-4-9(11)5-8-2-3-12-6-10(7)8/h2-6H,1H3. The molecule has 0 atom stereocenters. The Kier molecular flexibility index (Phi) is 1.74. The first kappa shape index (κ1) is 7.56. The third kappa shape index (κ3) is 1.16. The molecule has 0 saturated heterocycles. The zero-order chi connectivity index (χ0) is 8.55. The largest absolute Gasteiger partial charge is 0.264 e. The van der Waals surface area contributed by atoms with E-state index < -0.39 is 0 Å². The van der Waals surface area contributed by atoms with Gasteiger partial charge in [0.1, 0.15) is 0 Å². The molecule has 1 nitrogen and oxygen atoms in total. The fourth-order valence-electron chi connectivity index (χ4n) is 1.34. The van der Waals surface area contributed by atoms with Crippen molar-refractivity contribution in [1.82, 2.24) is 4.98 Å². The molecule has 0 fully saturated rings. The lowest BCUT2D eigenvalue weighted by Crippen LogP contribution is -1.79. The maximum atomic E-state index is 5.90. The summed E-state index contributed by atoms with van der Waals surface area (Å²) < 4.78 is 0. The van der Waals surface area contributed by atoms with Gasteiger partial charge in [0, 0.05) is 22.8 Å². The lowest BCUT2D eigenvalue weighted by Gasteiger charge is -2.00. The summed E-state index contributed by atoms with van der Waals surface area (Å²) >= 11 is 5.90. The predicted molar refractivity (Wildman–Crippen MR) is 51.5 cm³/mol. The van der Waals surface area contributed by atoms with E-state index in [1.807, 2.05) is 31.3 Å². The molecule has 1 heterocycles. The number of pyridine rings is 1. The number of aromatic nitrogens is 1. The van der Waals surface area contributed by atoms with Crippen molar-refractivity contribution in [3.63, 3.8) is 0 Å². The number of hydrogen-bond acceptors (Lipinski definition) is 1. The summed E-state index contributed by atoms with van der Waals surface area (Å²) in [5, 5.41) is 3.10. The third-order valence-electron chi connectivity index (χ3n) is 1.93. The van der Waals surface area contributed by atoms with E-state index in [4.69, 9.17) is 11.6 Å². The summed E-state index contributed by atoms with van der Waals surface area (Å²) in [5.74, 6) is 0. The molecule has 0 radical (unpaired) electrons. The minimum absolute atomic E-state index is 0.784. The Morgan fingerprint density at radius 1 is 1.33 bits per heavy atom. The smallest absolute Gasteiger partial charge is 0.0415 e. The van der Waals surface area contributed by atoms with E-state index in [2.05, 4.69) is 4.98 Å². The SMILES string of the molecule is Cc1cc(Cl)cc2ccncc12. The van der Waals surface area contributed by atoms with Crippen molar-refractivity contribution in [3.05, 3.63) is 41.2 Å². The molecule has 0 N–H and O–H groups in total. The van der Waals surface area contributed by atoms with Crippen LogP contribution in [0.2, 0.25) is 5.02 Å². The summed E-state index contributed by atoms with van der Waals surface area (Å²) in [6.45, 7) is 2.04. The molecule has 0 aliphatic heterocycles. The van der Waals surface area contributed by atoms with Crippen molar-refractivity contribution in [2.24, 2.45) is 0 Å². The molecular formula is C10H8ClN. The number of rotatable bonds is 0. The average Bonchev–Trinajstić information content (AvgIpc) is 2.04. The number of halogens is 1. The van der Waals surface area contributed by atoms with Crippen LogP contribution in [0.25, 0.3) is 10.8 Å². The van der Waals surface area contributed by atoms with Crippen LogP contribution in [0.15, 0.2) is 30.6 Å². The molecule has 0 aliphatic carbocycles. The van der Waals surface area contributed by atoms with Gasteiger partial charge in [-0.1, -0.05) is 11.6 Å². The first-order valence-electron chi connectivity index (χ1n) is 3.77. The van der Waals surface area contributed by atoms with E-state index in [9.17, 15) is 0 Å². The van der Waals surface area contributed by atoms with E-state index in [0.29, 0.717) is 0 Å². The second kappa shape index (κ2) is 2.76. The van der Waals surface area contributed by atoms with E-state index >= 15 is 0 Å². The van der Waals surface area contributed by atoms with Gasteiger partial charge in [0.25, 0.3) is 0 Å². The van der Waals surface area contributed by atoms with Crippen molar-refractivity contribution in [3.8, 4) is 0 Å². The number of aryl methyl sites for hydroxylation is 1. The molecule has 0 bridgehead atoms. The van der Waals surface area contributed by atoms with Gasteiger partial charge in [0.15, 0.2) is 0 Å². The van der Waals surface area contributed by atoms with Crippen LogP contribution in [0.3, 0.4) is 0 Å². The molecule has 2 rings (SSSR count). The first-order chi connectivity index (χ1) is 5.77. The van der Waals surface area contributed by atoms with Gasteiger partial charge in [-0.2, -0.15) is 0 Å². The molecule has 1 aromatic carbocycles. The number of hydrogen-bond donors (Lipinski definition) is 0. The molecule has 0 aliphatic rings. The van der Waals surface area contributed by atoms with E-state index in [1.165, 1.54) is 10.9 Å². The molecule has 60 valence electrons. The van der Waals surface area contributed by atoms with Gasteiger partial charge < -0.3 is 0 Å². The van der Waals surface area contributed by atoms with Gasteiger partial charge >= 0.3 is 0 Å². The van der Waals surface area contributed by atoms with Crippen LogP contribution in [0.1, 0.15) is 5.56 Å². The van der Waals surface area contributed by atoms with E-state index in [1.54, 1.807) is 6.20 Å². The summed E-state index contributed by atoms with van der Waals surface area (Å²) in [7, 11) is 0. The van der Waals surface area contributed by atoms with Gasteiger partial charge in [-0.3, -0.25) is 4.98 Å².